The van der Waals surface area contributed by atoms with Crippen LogP contribution < -0.4 is 19.8 Å². The van der Waals surface area contributed by atoms with Crippen LogP contribution >= 0.6 is 0 Å². The monoisotopic (exact) mass is 508 g/mol. The highest BCUT2D eigenvalue weighted by Crippen LogP contribution is 2.37. The van der Waals surface area contributed by atoms with E-state index in [-0.39, 0.29) is 18.5 Å². The lowest BCUT2D eigenvalue weighted by Gasteiger charge is -2.16. The first-order chi connectivity index (χ1) is 17.6. The van der Waals surface area contributed by atoms with Crippen molar-refractivity contribution in [2.45, 2.75) is 87.2 Å². The third-order valence-corrected chi connectivity index (χ3v) is 5.68. The van der Waals surface area contributed by atoms with Gasteiger partial charge in [0.05, 0.1) is 11.5 Å². The van der Waals surface area contributed by atoms with Crippen LogP contribution in [0, 0.1) is 0 Å². The Balaban J connectivity index is 2.26. The highest BCUT2D eigenvalue weighted by atomic mass is 16.5. The van der Waals surface area contributed by atoms with E-state index in [9.17, 15) is 4.79 Å². The maximum atomic E-state index is 13.0. The quantitative estimate of drug-likeness (QED) is 0.189. The minimum atomic E-state index is -0.580. The first-order valence-corrected chi connectivity index (χ1v) is 13.2. The van der Waals surface area contributed by atoms with E-state index in [0.29, 0.717) is 29.1 Å². The van der Waals surface area contributed by atoms with Crippen molar-refractivity contribution in [3.8, 4) is 17.2 Å². The van der Waals surface area contributed by atoms with Crippen LogP contribution in [0.2, 0.25) is 0 Å². The lowest BCUT2D eigenvalue weighted by Crippen LogP contribution is -2.14. The highest BCUT2D eigenvalue weighted by molar-refractivity contribution is 5.89. The molecule has 1 aromatic carbocycles. The molecule has 0 saturated carbocycles. The maximum Gasteiger partial charge on any atom is 0.383 e. The first-order valence-electron chi connectivity index (χ1n) is 13.2. The van der Waals surface area contributed by atoms with Crippen molar-refractivity contribution in [3.05, 3.63) is 75.2 Å². The molecule has 0 aliphatic heterocycles. The normalized spacial score (nSPS) is 12.0. The van der Waals surface area contributed by atoms with E-state index in [2.05, 4.69) is 59.8 Å². The van der Waals surface area contributed by atoms with Crippen molar-refractivity contribution in [2.24, 2.45) is 0 Å². The summed E-state index contributed by atoms with van der Waals surface area (Å²) in [4.78, 5) is 13.0. The molecule has 0 radical (unpaired) electrons. The Hall–Kier alpha value is -3.21. The molecule has 0 saturated heterocycles. The predicted octanol–water partition coefficient (Wildman–Crippen LogP) is 8.72. The third-order valence-electron chi connectivity index (χ3n) is 5.68. The lowest BCUT2D eigenvalue weighted by molar-refractivity contribution is 0.224. The number of allylic oxidation sites excluding steroid dienone is 6. The van der Waals surface area contributed by atoms with Gasteiger partial charge in [-0.15, -0.1) is 0 Å². The Morgan fingerprint density at radius 2 is 1.38 bits per heavy atom. The minimum absolute atomic E-state index is 0.0849. The molecule has 0 amide bonds. The third kappa shape index (κ3) is 10.4. The van der Waals surface area contributed by atoms with Gasteiger partial charge in [0.25, 0.3) is 0 Å². The Kier molecular flexibility index (Phi) is 12.3. The molecule has 202 valence electrons. The Labute approximate surface area is 222 Å². The molecule has 0 N–H and O–H groups in total. The van der Waals surface area contributed by atoms with Crippen LogP contribution in [0.5, 0.6) is 17.2 Å². The zero-order chi connectivity index (χ0) is 27.4. The number of hydrogen-bond donors (Lipinski definition) is 0. The van der Waals surface area contributed by atoms with Gasteiger partial charge in [0.2, 0.25) is 5.75 Å². The zero-order valence-electron chi connectivity index (χ0n) is 23.9. The van der Waals surface area contributed by atoms with Crippen LogP contribution in [0.15, 0.2) is 74.0 Å². The second-order valence-corrected chi connectivity index (χ2v) is 10.2. The Morgan fingerprint density at radius 1 is 0.811 bits per heavy atom. The van der Waals surface area contributed by atoms with Gasteiger partial charge in [0.1, 0.15) is 13.2 Å². The number of benzene rings is 1. The molecule has 1 heterocycles. The van der Waals surface area contributed by atoms with Crippen molar-refractivity contribution in [1.82, 2.24) is 0 Å². The summed E-state index contributed by atoms with van der Waals surface area (Å²) >= 11 is 0. The summed E-state index contributed by atoms with van der Waals surface area (Å²) < 4.78 is 23.7. The molecule has 0 bridgehead atoms. The molecular weight excluding hydrogens is 464 g/mol. The standard InChI is InChI=1S/C32H44O5/c1-22(2)12-9-14-25(7)18-20-34-28-17-11-16-27-29(28)37-32(33)31(30(27)36-24(5)6)35-21-19-26(8)15-10-13-23(3)4/h11-13,16-19,24H,9-10,14-15,20-21H2,1-8H3. The molecule has 5 heteroatoms. The van der Waals surface area contributed by atoms with Crippen molar-refractivity contribution in [3.63, 3.8) is 0 Å². The van der Waals surface area contributed by atoms with E-state index in [1.165, 1.54) is 22.3 Å². The summed E-state index contributed by atoms with van der Waals surface area (Å²) in [6, 6.07) is 5.53. The predicted molar refractivity (Wildman–Crippen MR) is 154 cm³/mol. The van der Waals surface area contributed by atoms with E-state index < -0.39 is 5.63 Å². The first kappa shape index (κ1) is 30.0. The fraction of sp³-hybridized carbons (Fsp3) is 0.469. The van der Waals surface area contributed by atoms with E-state index in [1.54, 1.807) is 6.07 Å². The van der Waals surface area contributed by atoms with Gasteiger partial charge in [-0.1, -0.05) is 40.5 Å². The number of para-hydroxylation sites is 1. The summed E-state index contributed by atoms with van der Waals surface area (Å²) in [5, 5.41) is 0.648. The van der Waals surface area contributed by atoms with Gasteiger partial charge in [-0.05, 0) is 105 Å². The van der Waals surface area contributed by atoms with Crippen LogP contribution in [0.3, 0.4) is 0 Å². The molecule has 0 fully saturated rings. The van der Waals surface area contributed by atoms with Crippen LogP contribution in [-0.4, -0.2) is 19.3 Å². The maximum absolute atomic E-state index is 13.0. The molecule has 5 nitrogen and oxygen atoms in total. The van der Waals surface area contributed by atoms with Crippen LogP contribution in [0.1, 0.15) is 81.1 Å². The van der Waals surface area contributed by atoms with Crippen molar-refractivity contribution < 1.29 is 18.6 Å². The van der Waals surface area contributed by atoms with Gasteiger partial charge in [-0.2, -0.15) is 0 Å². The average Bonchev–Trinajstić information content (AvgIpc) is 2.80. The average molecular weight is 509 g/mol. The van der Waals surface area contributed by atoms with Crippen molar-refractivity contribution >= 4 is 11.0 Å². The molecule has 0 spiro atoms. The van der Waals surface area contributed by atoms with Crippen LogP contribution in [0.25, 0.3) is 11.0 Å². The smallest absolute Gasteiger partial charge is 0.383 e. The highest BCUT2D eigenvalue weighted by Gasteiger charge is 2.21. The van der Waals surface area contributed by atoms with E-state index >= 15 is 0 Å². The molecule has 2 rings (SSSR count). The Bertz CT molecular complexity index is 1200. The molecule has 0 aliphatic rings. The molecule has 2 aromatic rings. The van der Waals surface area contributed by atoms with Crippen molar-refractivity contribution in [1.29, 1.82) is 0 Å². The van der Waals surface area contributed by atoms with Crippen LogP contribution in [-0.2, 0) is 0 Å². The van der Waals surface area contributed by atoms with E-state index in [0.717, 1.165) is 25.7 Å². The van der Waals surface area contributed by atoms with Gasteiger partial charge in [-0.3, -0.25) is 0 Å². The Morgan fingerprint density at radius 3 is 1.92 bits per heavy atom. The molecule has 0 atom stereocenters. The SMILES string of the molecule is CC(C)=CCCC(C)=CCOc1c(OC(C)C)c2cccc(OCC=C(C)CCC=C(C)C)c2oc1=O. The van der Waals surface area contributed by atoms with E-state index in [1.807, 2.05) is 32.1 Å². The minimum Gasteiger partial charge on any atom is -0.486 e. The summed E-state index contributed by atoms with van der Waals surface area (Å²) in [6.07, 6.45) is 12.3. The molecule has 1 aromatic heterocycles. The molecular formula is C32H44O5. The fourth-order valence-corrected chi connectivity index (χ4v) is 3.67. The summed E-state index contributed by atoms with van der Waals surface area (Å²) in [5.74, 6) is 0.968. The number of ether oxygens (including phenoxy) is 3. The van der Waals surface area contributed by atoms with Crippen LogP contribution in [0.4, 0.5) is 0 Å². The zero-order valence-corrected chi connectivity index (χ0v) is 23.9. The number of hydrogen-bond acceptors (Lipinski definition) is 5. The van der Waals surface area contributed by atoms with Gasteiger partial charge in [-0.25, -0.2) is 4.79 Å². The number of rotatable bonds is 14. The summed E-state index contributed by atoms with van der Waals surface area (Å²) in [6.45, 7) is 17.1. The van der Waals surface area contributed by atoms with Gasteiger partial charge < -0.3 is 18.6 Å². The van der Waals surface area contributed by atoms with Gasteiger partial charge in [0, 0.05) is 0 Å². The topological polar surface area (TPSA) is 57.9 Å². The number of fused-ring (bicyclic) bond motifs is 1. The summed E-state index contributed by atoms with van der Waals surface area (Å²) in [5.41, 5.74) is 4.87. The van der Waals surface area contributed by atoms with E-state index in [4.69, 9.17) is 18.6 Å². The largest absolute Gasteiger partial charge is 0.486 e. The van der Waals surface area contributed by atoms with Gasteiger partial charge >= 0.3 is 5.63 Å². The second kappa shape index (κ2) is 15.1. The molecule has 37 heavy (non-hydrogen) atoms. The fourth-order valence-electron chi connectivity index (χ4n) is 3.67. The summed E-state index contributed by atoms with van der Waals surface area (Å²) in [7, 11) is 0. The molecule has 0 unspecified atom stereocenters. The molecule has 0 aliphatic carbocycles. The van der Waals surface area contributed by atoms with Gasteiger partial charge in [0.15, 0.2) is 17.1 Å². The lowest BCUT2D eigenvalue weighted by atomic mass is 10.1. The second-order valence-electron chi connectivity index (χ2n) is 10.2. The van der Waals surface area contributed by atoms with Crippen molar-refractivity contribution in [2.75, 3.05) is 13.2 Å².